The van der Waals surface area contributed by atoms with Gasteiger partial charge in [0.15, 0.2) is 0 Å². The van der Waals surface area contributed by atoms with E-state index < -0.39 is 0 Å². The molecule has 2 aliphatic rings. The molecule has 0 saturated carbocycles. The summed E-state index contributed by atoms with van der Waals surface area (Å²) in [6.07, 6.45) is 3.16. The van der Waals surface area contributed by atoms with Gasteiger partial charge in [0.25, 0.3) is 0 Å². The summed E-state index contributed by atoms with van der Waals surface area (Å²) in [4.78, 5) is 27.0. The first-order valence-corrected chi connectivity index (χ1v) is 9.37. The second-order valence-electron chi connectivity index (χ2n) is 7.13. The average Bonchev–Trinajstić information content (AvgIpc) is 2.69. The van der Waals surface area contributed by atoms with E-state index in [0.717, 1.165) is 31.2 Å². The second kappa shape index (κ2) is 8.48. The second-order valence-corrected chi connectivity index (χ2v) is 7.13. The molecule has 0 spiro atoms. The van der Waals surface area contributed by atoms with Crippen LogP contribution in [0.2, 0.25) is 0 Å². The van der Waals surface area contributed by atoms with Crippen molar-refractivity contribution in [1.82, 2.24) is 10.2 Å². The third-order valence-corrected chi connectivity index (χ3v) is 5.41. The minimum Gasteiger partial charge on any atom is -0.381 e. The quantitative estimate of drug-likeness (QED) is 0.913. The number of likely N-dealkylation sites (tertiary alicyclic amines) is 1. The predicted octanol–water partition coefficient (Wildman–Crippen LogP) is 2.53. The Labute approximate surface area is 149 Å². The molecule has 1 aromatic carbocycles. The van der Waals surface area contributed by atoms with E-state index in [1.54, 1.807) is 0 Å². The Morgan fingerprint density at radius 3 is 2.32 bits per heavy atom. The molecule has 0 bridgehead atoms. The first-order chi connectivity index (χ1) is 12.1. The van der Waals surface area contributed by atoms with Gasteiger partial charge in [-0.3, -0.25) is 9.59 Å². The molecule has 1 N–H and O–H groups in total. The number of amides is 2. The van der Waals surface area contributed by atoms with Crippen molar-refractivity contribution in [2.24, 2.45) is 11.8 Å². The number of benzene rings is 1. The highest BCUT2D eigenvalue weighted by molar-refractivity contribution is 5.81. The fraction of sp³-hybridized carbons (Fsp3) is 0.600. The SMILES string of the molecule is CC(NC(=O)C1CCN(C(=O)C2CCOCC2)CC1)c1ccccc1. The number of nitrogens with zero attached hydrogens (tertiary/aromatic N) is 1. The molecule has 2 amide bonds. The number of carbonyl (C=O) groups is 2. The van der Waals surface area contributed by atoms with Crippen LogP contribution in [0.4, 0.5) is 0 Å². The first kappa shape index (κ1) is 17.9. The third kappa shape index (κ3) is 4.60. The van der Waals surface area contributed by atoms with Gasteiger partial charge in [0.1, 0.15) is 0 Å². The molecule has 1 aromatic rings. The normalized spacial score (nSPS) is 20.9. The Kier molecular flexibility index (Phi) is 6.08. The van der Waals surface area contributed by atoms with Crippen LogP contribution in [0.1, 0.15) is 44.2 Å². The molecule has 3 rings (SSSR count). The van der Waals surface area contributed by atoms with E-state index in [4.69, 9.17) is 4.74 Å². The summed E-state index contributed by atoms with van der Waals surface area (Å²) >= 11 is 0. The van der Waals surface area contributed by atoms with Crippen LogP contribution in [0.15, 0.2) is 30.3 Å². The van der Waals surface area contributed by atoms with Crippen molar-refractivity contribution in [2.75, 3.05) is 26.3 Å². The standard InChI is InChI=1S/C20H28N2O3/c1-15(16-5-3-2-4-6-16)21-19(23)17-7-11-22(12-8-17)20(24)18-9-13-25-14-10-18/h2-6,15,17-18H,7-14H2,1H3,(H,21,23). The monoisotopic (exact) mass is 344 g/mol. The molecule has 136 valence electrons. The predicted molar refractivity (Wildman–Crippen MR) is 95.8 cm³/mol. The lowest BCUT2D eigenvalue weighted by Gasteiger charge is -2.35. The Morgan fingerprint density at radius 1 is 1.04 bits per heavy atom. The maximum atomic E-state index is 12.6. The number of ether oxygens (including phenoxy) is 1. The maximum absolute atomic E-state index is 12.6. The van der Waals surface area contributed by atoms with Crippen molar-refractivity contribution in [3.63, 3.8) is 0 Å². The molecular formula is C20H28N2O3. The Balaban J connectivity index is 1.46. The number of hydrogen-bond acceptors (Lipinski definition) is 3. The van der Waals surface area contributed by atoms with Crippen LogP contribution in [-0.4, -0.2) is 43.0 Å². The van der Waals surface area contributed by atoms with Crippen molar-refractivity contribution >= 4 is 11.8 Å². The Bertz CT molecular complexity index is 576. The van der Waals surface area contributed by atoms with Crippen molar-refractivity contribution in [3.05, 3.63) is 35.9 Å². The fourth-order valence-electron chi connectivity index (χ4n) is 3.72. The van der Waals surface area contributed by atoms with Crippen LogP contribution in [0, 0.1) is 11.8 Å². The molecule has 2 heterocycles. The largest absolute Gasteiger partial charge is 0.381 e. The highest BCUT2D eigenvalue weighted by Crippen LogP contribution is 2.24. The minimum absolute atomic E-state index is 0.00454. The van der Waals surface area contributed by atoms with Gasteiger partial charge < -0.3 is 15.0 Å². The van der Waals surface area contributed by atoms with Crippen molar-refractivity contribution < 1.29 is 14.3 Å². The van der Waals surface area contributed by atoms with E-state index in [0.29, 0.717) is 26.3 Å². The van der Waals surface area contributed by atoms with Crippen molar-refractivity contribution in [2.45, 2.75) is 38.6 Å². The fourth-order valence-corrected chi connectivity index (χ4v) is 3.72. The van der Waals surface area contributed by atoms with E-state index in [1.807, 2.05) is 42.2 Å². The summed E-state index contributed by atoms with van der Waals surface area (Å²) in [5.41, 5.74) is 1.11. The molecule has 0 radical (unpaired) electrons. The molecule has 2 aliphatic heterocycles. The molecule has 1 unspecified atom stereocenters. The molecular weight excluding hydrogens is 316 g/mol. The van der Waals surface area contributed by atoms with Gasteiger partial charge in [-0.1, -0.05) is 30.3 Å². The van der Waals surface area contributed by atoms with Crippen LogP contribution in [0.25, 0.3) is 0 Å². The smallest absolute Gasteiger partial charge is 0.225 e. The van der Waals surface area contributed by atoms with Crippen molar-refractivity contribution in [3.8, 4) is 0 Å². The zero-order valence-corrected chi connectivity index (χ0v) is 14.9. The number of carbonyl (C=O) groups excluding carboxylic acids is 2. The minimum atomic E-state index is 0.00454. The summed E-state index contributed by atoms with van der Waals surface area (Å²) in [6, 6.07) is 10.0. The summed E-state index contributed by atoms with van der Waals surface area (Å²) in [5, 5.41) is 3.11. The van der Waals surface area contributed by atoms with Crippen LogP contribution in [0.5, 0.6) is 0 Å². The van der Waals surface area contributed by atoms with E-state index >= 15 is 0 Å². The molecule has 0 aliphatic carbocycles. The van der Waals surface area contributed by atoms with E-state index in [-0.39, 0.29) is 29.7 Å². The van der Waals surface area contributed by atoms with Crippen molar-refractivity contribution in [1.29, 1.82) is 0 Å². The molecule has 25 heavy (non-hydrogen) atoms. The molecule has 2 fully saturated rings. The summed E-state index contributed by atoms with van der Waals surface area (Å²) in [6.45, 7) is 4.76. The molecule has 2 saturated heterocycles. The van der Waals surface area contributed by atoms with Gasteiger partial charge in [0.05, 0.1) is 6.04 Å². The molecule has 5 nitrogen and oxygen atoms in total. The third-order valence-electron chi connectivity index (χ3n) is 5.41. The van der Waals surface area contributed by atoms with Gasteiger partial charge in [-0.05, 0) is 38.2 Å². The summed E-state index contributed by atoms with van der Waals surface area (Å²) in [5.74, 6) is 0.469. The van der Waals surface area contributed by atoms with Gasteiger partial charge in [0.2, 0.25) is 11.8 Å². The van der Waals surface area contributed by atoms with Crippen LogP contribution in [-0.2, 0) is 14.3 Å². The lowest BCUT2D eigenvalue weighted by atomic mass is 9.92. The number of nitrogens with one attached hydrogen (secondary N) is 1. The zero-order chi connectivity index (χ0) is 17.6. The van der Waals surface area contributed by atoms with E-state index in [2.05, 4.69) is 5.32 Å². The molecule has 1 atom stereocenters. The van der Waals surface area contributed by atoms with Crippen LogP contribution in [0.3, 0.4) is 0 Å². The lowest BCUT2D eigenvalue weighted by molar-refractivity contribution is -0.141. The van der Waals surface area contributed by atoms with E-state index in [1.165, 1.54) is 0 Å². The number of piperidine rings is 1. The zero-order valence-electron chi connectivity index (χ0n) is 14.9. The Morgan fingerprint density at radius 2 is 1.68 bits per heavy atom. The average molecular weight is 344 g/mol. The lowest BCUT2D eigenvalue weighted by Crippen LogP contribution is -2.46. The van der Waals surface area contributed by atoms with Gasteiger partial charge in [-0.25, -0.2) is 0 Å². The van der Waals surface area contributed by atoms with Gasteiger partial charge in [-0.15, -0.1) is 0 Å². The molecule has 5 heteroatoms. The number of hydrogen-bond donors (Lipinski definition) is 1. The topological polar surface area (TPSA) is 58.6 Å². The maximum Gasteiger partial charge on any atom is 0.225 e. The van der Waals surface area contributed by atoms with Gasteiger partial charge in [-0.2, -0.15) is 0 Å². The van der Waals surface area contributed by atoms with Crippen LogP contribution < -0.4 is 5.32 Å². The Hall–Kier alpha value is -1.88. The molecule has 0 aromatic heterocycles. The highest BCUT2D eigenvalue weighted by atomic mass is 16.5. The van der Waals surface area contributed by atoms with Crippen LogP contribution >= 0.6 is 0 Å². The number of rotatable bonds is 4. The van der Waals surface area contributed by atoms with E-state index in [9.17, 15) is 9.59 Å². The summed E-state index contributed by atoms with van der Waals surface area (Å²) in [7, 11) is 0. The highest BCUT2D eigenvalue weighted by Gasteiger charge is 2.31. The van der Waals surface area contributed by atoms with Gasteiger partial charge in [0, 0.05) is 38.1 Å². The summed E-state index contributed by atoms with van der Waals surface area (Å²) < 4.78 is 5.34. The first-order valence-electron chi connectivity index (χ1n) is 9.37. The van der Waals surface area contributed by atoms with Gasteiger partial charge >= 0.3 is 0 Å².